The summed E-state index contributed by atoms with van der Waals surface area (Å²) in [6.07, 6.45) is 0.778. The van der Waals surface area contributed by atoms with Gasteiger partial charge in [0.2, 0.25) is 5.91 Å². The van der Waals surface area contributed by atoms with Crippen molar-refractivity contribution in [2.75, 3.05) is 11.9 Å². The number of carbonyl (C=O) groups is 1. The van der Waals surface area contributed by atoms with E-state index in [-0.39, 0.29) is 11.8 Å². The standard InChI is InChI=1S/C18H19NO/c1-12-9-13(2)17-15(10-12)16(18(20)19(17)3)11-14-7-5-4-6-8-14/h4-10,16H,11H2,1-3H3/t16-/m1/s1. The molecule has 0 N–H and O–H groups in total. The fraction of sp³-hybridized carbons (Fsp3) is 0.278. The number of hydrogen-bond acceptors (Lipinski definition) is 1. The predicted octanol–water partition coefficient (Wildman–Crippen LogP) is 3.61. The Kier molecular flexibility index (Phi) is 3.09. The Morgan fingerprint density at radius 2 is 1.80 bits per heavy atom. The first kappa shape index (κ1) is 12.9. The maximum atomic E-state index is 12.6. The highest BCUT2D eigenvalue weighted by Gasteiger charge is 2.36. The zero-order chi connectivity index (χ0) is 14.3. The Balaban J connectivity index is 2.04. The fourth-order valence-corrected chi connectivity index (χ4v) is 3.24. The predicted molar refractivity (Wildman–Crippen MR) is 82.2 cm³/mol. The van der Waals surface area contributed by atoms with Crippen molar-refractivity contribution in [2.45, 2.75) is 26.2 Å². The van der Waals surface area contributed by atoms with Gasteiger partial charge in [-0.05, 0) is 37.0 Å². The smallest absolute Gasteiger partial charge is 0.234 e. The van der Waals surface area contributed by atoms with Crippen LogP contribution in [0.4, 0.5) is 5.69 Å². The number of nitrogens with zero attached hydrogens (tertiary/aromatic N) is 1. The summed E-state index contributed by atoms with van der Waals surface area (Å²) < 4.78 is 0. The number of aryl methyl sites for hydroxylation is 2. The van der Waals surface area contributed by atoms with Crippen LogP contribution in [0.15, 0.2) is 42.5 Å². The molecule has 0 fully saturated rings. The molecule has 0 unspecified atom stereocenters. The van der Waals surface area contributed by atoms with Crippen molar-refractivity contribution in [3.8, 4) is 0 Å². The normalized spacial score (nSPS) is 17.4. The zero-order valence-electron chi connectivity index (χ0n) is 12.2. The second kappa shape index (κ2) is 4.78. The summed E-state index contributed by atoms with van der Waals surface area (Å²) in [6.45, 7) is 4.18. The fourth-order valence-electron chi connectivity index (χ4n) is 3.24. The van der Waals surface area contributed by atoms with Gasteiger partial charge in [0.1, 0.15) is 0 Å². The highest BCUT2D eigenvalue weighted by atomic mass is 16.2. The topological polar surface area (TPSA) is 20.3 Å². The number of amides is 1. The summed E-state index contributed by atoms with van der Waals surface area (Å²) in [6, 6.07) is 14.6. The summed E-state index contributed by atoms with van der Waals surface area (Å²) in [7, 11) is 1.88. The first-order chi connectivity index (χ1) is 9.58. The Morgan fingerprint density at radius 3 is 2.50 bits per heavy atom. The molecule has 1 heterocycles. The SMILES string of the molecule is Cc1cc(C)c2c(c1)[C@@H](Cc1ccccc1)C(=O)N2C. The molecule has 1 aliphatic heterocycles. The van der Waals surface area contributed by atoms with Crippen LogP contribution < -0.4 is 4.90 Å². The summed E-state index contributed by atoms with van der Waals surface area (Å²) in [5.41, 5.74) is 5.90. The molecule has 1 aliphatic rings. The van der Waals surface area contributed by atoms with E-state index >= 15 is 0 Å². The number of anilines is 1. The summed E-state index contributed by atoms with van der Waals surface area (Å²) in [4.78, 5) is 14.4. The van der Waals surface area contributed by atoms with Gasteiger partial charge in [-0.2, -0.15) is 0 Å². The Bertz CT molecular complexity index is 661. The third kappa shape index (κ3) is 2.01. The largest absolute Gasteiger partial charge is 0.314 e. The molecule has 0 saturated heterocycles. The maximum absolute atomic E-state index is 12.6. The molecule has 102 valence electrons. The number of carbonyl (C=O) groups excluding carboxylic acids is 1. The monoisotopic (exact) mass is 265 g/mol. The van der Waals surface area contributed by atoms with E-state index in [9.17, 15) is 4.79 Å². The van der Waals surface area contributed by atoms with Gasteiger partial charge in [-0.25, -0.2) is 0 Å². The Morgan fingerprint density at radius 1 is 1.10 bits per heavy atom. The minimum Gasteiger partial charge on any atom is -0.314 e. The van der Waals surface area contributed by atoms with Gasteiger partial charge >= 0.3 is 0 Å². The molecule has 0 aromatic heterocycles. The first-order valence-corrected chi connectivity index (χ1v) is 7.00. The van der Waals surface area contributed by atoms with Crippen LogP contribution in [0.1, 0.15) is 28.2 Å². The molecule has 0 aliphatic carbocycles. The lowest BCUT2D eigenvalue weighted by Crippen LogP contribution is -2.25. The molecule has 2 aromatic rings. The van der Waals surface area contributed by atoms with E-state index in [4.69, 9.17) is 0 Å². The van der Waals surface area contributed by atoms with Gasteiger partial charge in [0.15, 0.2) is 0 Å². The van der Waals surface area contributed by atoms with Crippen LogP contribution >= 0.6 is 0 Å². The van der Waals surface area contributed by atoms with Crippen molar-refractivity contribution < 1.29 is 4.79 Å². The lowest BCUT2D eigenvalue weighted by molar-refractivity contribution is -0.119. The highest BCUT2D eigenvalue weighted by molar-refractivity contribution is 6.05. The van der Waals surface area contributed by atoms with Crippen LogP contribution in [0.3, 0.4) is 0 Å². The van der Waals surface area contributed by atoms with Crippen molar-refractivity contribution in [3.05, 3.63) is 64.7 Å². The minimum absolute atomic E-state index is 0.0454. The molecule has 0 spiro atoms. The molecule has 3 rings (SSSR count). The molecule has 2 aromatic carbocycles. The van der Waals surface area contributed by atoms with Crippen LogP contribution in [0.5, 0.6) is 0 Å². The number of fused-ring (bicyclic) bond motifs is 1. The lowest BCUT2D eigenvalue weighted by atomic mass is 9.91. The van der Waals surface area contributed by atoms with Crippen molar-refractivity contribution in [1.82, 2.24) is 0 Å². The second-order valence-corrected chi connectivity index (χ2v) is 5.66. The molecule has 2 heteroatoms. The van der Waals surface area contributed by atoms with Crippen molar-refractivity contribution >= 4 is 11.6 Å². The summed E-state index contributed by atoms with van der Waals surface area (Å²) in [5.74, 6) is 0.161. The molecular weight excluding hydrogens is 246 g/mol. The number of hydrogen-bond donors (Lipinski definition) is 0. The Hall–Kier alpha value is -2.09. The van der Waals surface area contributed by atoms with Crippen molar-refractivity contribution in [3.63, 3.8) is 0 Å². The van der Waals surface area contributed by atoms with Gasteiger partial charge in [0, 0.05) is 7.05 Å². The average molecular weight is 265 g/mol. The first-order valence-electron chi connectivity index (χ1n) is 7.00. The van der Waals surface area contributed by atoms with Crippen LogP contribution in [0.2, 0.25) is 0 Å². The van der Waals surface area contributed by atoms with Gasteiger partial charge in [-0.15, -0.1) is 0 Å². The van der Waals surface area contributed by atoms with E-state index in [1.807, 2.05) is 30.1 Å². The number of likely N-dealkylation sites (N-methyl/N-ethyl adjacent to an activating group) is 1. The van der Waals surface area contributed by atoms with Crippen LogP contribution in [-0.4, -0.2) is 13.0 Å². The van der Waals surface area contributed by atoms with E-state index < -0.39 is 0 Å². The van der Waals surface area contributed by atoms with E-state index in [1.54, 1.807) is 0 Å². The summed E-state index contributed by atoms with van der Waals surface area (Å²) >= 11 is 0. The second-order valence-electron chi connectivity index (χ2n) is 5.66. The maximum Gasteiger partial charge on any atom is 0.234 e. The molecule has 2 nitrogen and oxygen atoms in total. The third-order valence-electron chi connectivity index (χ3n) is 4.10. The van der Waals surface area contributed by atoms with Crippen LogP contribution in [-0.2, 0) is 11.2 Å². The third-order valence-corrected chi connectivity index (χ3v) is 4.10. The molecule has 0 saturated carbocycles. The lowest BCUT2D eigenvalue weighted by Gasteiger charge is -2.13. The highest BCUT2D eigenvalue weighted by Crippen LogP contribution is 2.41. The van der Waals surface area contributed by atoms with Gasteiger partial charge in [-0.3, -0.25) is 4.79 Å². The number of rotatable bonds is 2. The quantitative estimate of drug-likeness (QED) is 0.812. The van der Waals surface area contributed by atoms with E-state index in [0.29, 0.717) is 0 Å². The van der Waals surface area contributed by atoms with Crippen LogP contribution in [0, 0.1) is 13.8 Å². The molecular formula is C18H19NO. The molecule has 20 heavy (non-hydrogen) atoms. The van der Waals surface area contributed by atoms with E-state index in [1.165, 1.54) is 22.3 Å². The van der Waals surface area contributed by atoms with Gasteiger partial charge < -0.3 is 4.90 Å². The van der Waals surface area contributed by atoms with Gasteiger partial charge in [0.05, 0.1) is 11.6 Å². The van der Waals surface area contributed by atoms with Gasteiger partial charge in [-0.1, -0.05) is 48.0 Å². The van der Waals surface area contributed by atoms with Crippen LogP contribution in [0.25, 0.3) is 0 Å². The zero-order valence-corrected chi connectivity index (χ0v) is 12.2. The molecule has 0 radical (unpaired) electrons. The van der Waals surface area contributed by atoms with Gasteiger partial charge in [0.25, 0.3) is 0 Å². The minimum atomic E-state index is -0.0454. The van der Waals surface area contributed by atoms with E-state index in [2.05, 4.69) is 38.1 Å². The van der Waals surface area contributed by atoms with E-state index in [0.717, 1.165) is 12.1 Å². The average Bonchev–Trinajstić information content (AvgIpc) is 2.65. The molecule has 0 bridgehead atoms. The summed E-state index contributed by atoms with van der Waals surface area (Å²) in [5, 5.41) is 0. The van der Waals surface area contributed by atoms with Crippen molar-refractivity contribution in [1.29, 1.82) is 0 Å². The molecule has 1 atom stereocenters. The van der Waals surface area contributed by atoms with Crippen molar-refractivity contribution in [2.24, 2.45) is 0 Å². The molecule has 1 amide bonds. The number of benzene rings is 2. The Labute approximate surface area is 120 Å².